The van der Waals surface area contributed by atoms with Gasteiger partial charge in [-0.1, -0.05) is 0 Å². The monoisotopic (exact) mass is 233 g/mol. The molecule has 0 amide bonds. The van der Waals surface area contributed by atoms with Gasteiger partial charge in [0, 0.05) is 23.5 Å². The highest BCUT2D eigenvalue weighted by Crippen LogP contribution is 2.27. The zero-order valence-corrected chi connectivity index (χ0v) is 9.69. The Kier molecular flexibility index (Phi) is 3.32. The zero-order valence-electron chi connectivity index (χ0n) is 9.69. The molecule has 90 valence electrons. The molecule has 0 bridgehead atoms. The number of fused-ring (bicyclic) bond motifs is 1. The van der Waals surface area contributed by atoms with Gasteiger partial charge in [-0.25, -0.2) is 0 Å². The molecule has 0 unspecified atom stereocenters. The van der Waals surface area contributed by atoms with Crippen LogP contribution in [0.25, 0.3) is 10.9 Å². The van der Waals surface area contributed by atoms with E-state index in [0.29, 0.717) is 6.42 Å². The van der Waals surface area contributed by atoms with Crippen LogP contribution in [0.15, 0.2) is 24.4 Å². The number of carbonyl (C=O) groups is 1. The lowest BCUT2D eigenvalue weighted by Gasteiger charge is -2.06. The largest absolute Gasteiger partial charge is 0.496 e. The SMILES string of the molecule is COc1cc(CCCC(=O)O)cc2[nH]ccc12. The maximum Gasteiger partial charge on any atom is 0.303 e. The van der Waals surface area contributed by atoms with E-state index in [1.54, 1.807) is 7.11 Å². The van der Waals surface area contributed by atoms with E-state index in [-0.39, 0.29) is 6.42 Å². The van der Waals surface area contributed by atoms with Gasteiger partial charge in [-0.2, -0.15) is 0 Å². The lowest BCUT2D eigenvalue weighted by atomic mass is 10.1. The van der Waals surface area contributed by atoms with Crippen LogP contribution in [-0.2, 0) is 11.2 Å². The number of aromatic amines is 1. The number of hydrogen-bond acceptors (Lipinski definition) is 2. The number of H-pyrrole nitrogens is 1. The number of ether oxygens (including phenoxy) is 1. The number of aromatic nitrogens is 1. The van der Waals surface area contributed by atoms with E-state index in [1.807, 2.05) is 24.4 Å². The first-order valence-corrected chi connectivity index (χ1v) is 5.56. The van der Waals surface area contributed by atoms with Gasteiger partial charge in [-0.15, -0.1) is 0 Å². The molecule has 0 spiro atoms. The highest BCUT2D eigenvalue weighted by molar-refractivity contribution is 5.86. The van der Waals surface area contributed by atoms with Crippen molar-refractivity contribution in [1.29, 1.82) is 0 Å². The summed E-state index contributed by atoms with van der Waals surface area (Å²) in [6.45, 7) is 0. The zero-order chi connectivity index (χ0) is 12.3. The maximum absolute atomic E-state index is 10.5. The molecule has 0 fully saturated rings. The number of carboxylic acid groups (broad SMARTS) is 1. The van der Waals surface area contributed by atoms with Crippen molar-refractivity contribution in [3.63, 3.8) is 0 Å². The molecule has 1 aromatic heterocycles. The van der Waals surface area contributed by atoms with Crippen LogP contribution in [0.3, 0.4) is 0 Å². The second-order valence-corrected chi connectivity index (χ2v) is 3.98. The van der Waals surface area contributed by atoms with Crippen molar-refractivity contribution in [3.8, 4) is 5.75 Å². The van der Waals surface area contributed by atoms with Crippen LogP contribution in [0.5, 0.6) is 5.75 Å². The molecule has 0 atom stereocenters. The average molecular weight is 233 g/mol. The minimum absolute atomic E-state index is 0.199. The Morgan fingerprint density at radius 2 is 2.29 bits per heavy atom. The van der Waals surface area contributed by atoms with Crippen molar-refractivity contribution in [1.82, 2.24) is 4.98 Å². The standard InChI is InChI=1S/C13H15NO3/c1-17-12-8-9(3-2-4-13(15)16)7-11-10(12)5-6-14-11/h5-8,14H,2-4H2,1H3,(H,15,16). The summed E-state index contributed by atoms with van der Waals surface area (Å²) in [5.74, 6) is 0.0759. The first-order chi connectivity index (χ1) is 8.20. The molecule has 0 aliphatic carbocycles. The molecule has 0 saturated carbocycles. The molecule has 2 aromatic rings. The number of aliphatic carboxylic acids is 1. The minimum atomic E-state index is -0.752. The van der Waals surface area contributed by atoms with E-state index in [2.05, 4.69) is 4.98 Å². The summed E-state index contributed by atoms with van der Waals surface area (Å²) in [7, 11) is 1.64. The molecule has 4 heteroatoms. The van der Waals surface area contributed by atoms with Crippen molar-refractivity contribution in [2.24, 2.45) is 0 Å². The number of carboxylic acids is 1. The summed E-state index contributed by atoms with van der Waals surface area (Å²) in [6, 6.07) is 5.98. The topological polar surface area (TPSA) is 62.3 Å². The predicted octanol–water partition coefficient (Wildman–Crippen LogP) is 2.58. The molecule has 0 aliphatic heterocycles. The molecular weight excluding hydrogens is 218 g/mol. The summed E-state index contributed by atoms with van der Waals surface area (Å²) in [5.41, 5.74) is 2.12. The first-order valence-electron chi connectivity index (χ1n) is 5.56. The van der Waals surface area contributed by atoms with Crippen LogP contribution in [0.4, 0.5) is 0 Å². The Balaban J connectivity index is 2.19. The fourth-order valence-electron chi connectivity index (χ4n) is 1.95. The summed E-state index contributed by atoms with van der Waals surface area (Å²) in [4.78, 5) is 13.6. The average Bonchev–Trinajstić information content (AvgIpc) is 2.75. The smallest absolute Gasteiger partial charge is 0.303 e. The van der Waals surface area contributed by atoms with Crippen LogP contribution in [0.1, 0.15) is 18.4 Å². The van der Waals surface area contributed by atoms with Crippen LogP contribution >= 0.6 is 0 Å². The third-order valence-electron chi connectivity index (χ3n) is 2.77. The highest BCUT2D eigenvalue weighted by Gasteiger charge is 2.06. The second-order valence-electron chi connectivity index (χ2n) is 3.98. The molecule has 1 aromatic carbocycles. The van der Waals surface area contributed by atoms with Gasteiger partial charge in [0.05, 0.1) is 7.11 Å². The molecule has 0 radical (unpaired) electrons. The normalized spacial score (nSPS) is 10.6. The van der Waals surface area contributed by atoms with E-state index < -0.39 is 5.97 Å². The Bertz CT molecular complexity index is 530. The Morgan fingerprint density at radius 1 is 1.47 bits per heavy atom. The van der Waals surface area contributed by atoms with Gasteiger partial charge in [0.15, 0.2) is 0 Å². The summed E-state index contributed by atoms with van der Waals surface area (Å²) < 4.78 is 5.32. The molecule has 1 heterocycles. The Hall–Kier alpha value is -1.97. The van der Waals surface area contributed by atoms with Crippen molar-refractivity contribution < 1.29 is 14.6 Å². The Morgan fingerprint density at radius 3 is 3.00 bits per heavy atom. The number of nitrogens with one attached hydrogen (secondary N) is 1. The number of hydrogen-bond donors (Lipinski definition) is 2. The number of methoxy groups -OCH3 is 1. The molecule has 0 aliphatic rings. The van der Waals surface area contributed by atoms with E-state index in [0.717, 1.165) is 28.6 Å². The van der Waals surface area contributed by atoms with Gasteiger partial charge >= 0.3 is 5.97 Å². The molecule has 4 nitrogen and oxygen atoms in total. The molecule has 2 N–H and O–H groups in total. The third-order valence-corrected chi connectivity index (χ3v) is 2.77. The van der Waals surface area contributed by atoms with E-state index in [1.165, 1.54) is 0 Å². The first kappa shape index (κ1) is 11.5. The summed E-state index contributed by atoms with van der Waals surface area (Å²) >= 11 is 0. The Labute approximate surface area is 99.2 Å². The van der Waals surface area contributed by atoms with Gasteiger partial charge < -0.3 is 14.8 Å². The van der Waals surface area contributed by atoms with Crippen molar-refractivity contribution in [3.05, 3.63) is 30.0 Å². The highest BCUT2D eigenvalue weighted by atomic mass is 16.5. The second kappa shape index (κ2) is 4.91. The van der Waals surface area contributed by atoms with Crippen molar-refractivity contribution >= 4 is 16.9 Å². The fourth-order valence-corrected chi connectivity index (χ4v) is 1.95. The van der Waals surface area contributed by atoms with Gasteiger partial charge in [-0.05, 0) is 36.6 Å². The minimum Gasteiger partial charge on any atom is -0.496 e. The van der Waals surface area contributed by atoms with Crippen molar-refractivity contribution in [2.45, 2.75) is 19.3 Å². The number of rotatable bonds is 5. The van der Waals surface area contributed by atoms with Crippen LogP contribution < -0.4 is 4.74 Å². The van der Waals surface area contributed by atoms with Crippen LogP contribution in [0.2, 0.25) is 0 Å². The van der Waals surface area contributed by atoms with Crippen LogP contribution in [-0.4, -0.2) is 23.2 Å². The lowest BCUT2D eigenvalue weighted by molar-refractivity contribution is -0.137. The number of benzene rings is 1. The van der Waals surface area contributed by atoms with Gasteiger partial charge in [0.2, 0.25) is 0 Å². The summed E-state index contributed by atoms with van der Waals surface area (Å²) in [6.07, 6.45) is 3.46. The van der Waals surface area contributed by atoms with Gasteiger partial charge in [0.1, 0.15) is 5.75 Å². The molecular formula is C13H15NO3. The molecule has 17 heavy (non-hydrogen) atoms. The van der Waals surface area contributed by atoms with Gasteiger partial charge in [-0.3, -0.25) is 4.79 Å². The van der Waals surface area contributed by atoms with E-state index >= 15 is 0 Å². The van der Waals surface area contributed by atoms with Crippen LogP contribution in [0, 0.1) is 0 Å². The van der Waals surface area contributed by atoms with E-state index in [4.69, 9.17) is 9.84 Å². The van der Waals surface area contributed by atoms with Crippen molar-refractivity contribution in [2.75, 3.05) is 7.11 Å². The molecule has 0 saturated heterocycles. The predicted molar refractivity (Wildman–Crippen MR) is 65.4 cm³/mol. The maximum atomic E-state index is 10.5. The third kappa shape index (κ3) is 2.58. The lowest BCUT2D eigenvalue weighted by Crippen LogP contribution is -1.96. The quantitative estimate of drug-likeness (QED) is 0.834. The summed E-state index contributed by atoms with van der Waals surface area (Å²) in [5, 5.41) is 9.65. The molecule has 2 rings (SSSR count). The fraction of sp³-hybridized carbons (Fsp3) is 0.308. The number of aryl methyl sites for hydroxylation is 1. The van der Waals surface area contributed by atoms with E-state index in [9.17, 15) is 4.79 Å². The van der Waals surface area contributed by atoms with Gasteiger partial charge in [0.25, 0.3) is 0 Å².